The molecule has 0 aliphatic rings. The van der Waals surface area contributed by atoms with Crippen molar-refractivity contribution in [3.63, 3.8) is 0 Å². The molecule has 2 rings (SSSR count). The van der Waals surface area contributed by atoms with Gasteiger partial charge in [-0.25, -0.2) is 18.2 Å². The van der Waals surface area contributed by atoms with Crippen LogP contribution in [-0.4, -0.2) is 10.9 Å². The zero-order valence-electron chi connectivity index (χ0n) is 9.75. The first-order valence-corrected chi connectivity index (χ1v) is 5.63. The topological polar surface area (TPSA) is 68.0 Å². The first kappa shape index (κ1) is 14.1. The van der Waals surface area contributed by atoms with Crippen LogP contribution >= 0.6 is 11.6 Å². The maximum Gasteiger partial charge on any atom is 0.255 e. The van der Waals surface area contributed by atoms with Gasteiger partial charge in [-0.2, -0.15) is 0 Å². The van der Waals surface area contributed by atoms with Crippen LogP contribution in [0.4, 0.5) is 24.7 Å². The van der Waals surface area contributed by atoms with E-state index in [0.717, 1.165) is 0 Å². The Kier molecular flexibility index (Phi) is 3.80. The highest BCUT2D eigenvalue weighted by atomic mass is 35.5. The molecule has 20 heavy (non-hydrogen) atoms. The smallest absolute Gasteiger partial charge is 0.255 e. The number of amides is 1. The molecule has 0 saturated carbocycles. The van der Waals surface area contributed by atoms with Crippen molar-refractivity contribution < 1.29 is 18.0 Å². The summed E-state index contributed by atoms with van der Waals surface area (Å²) in [5.41, 5.74) is 5.22. The van der Waals surface area contributed by atoms with E-state index in [1.807, 2.05) is 0 Å². The Hall–Kier alpha value is -2.28. The average molecular weight is 302 g/mol. The Morgan fingerprint density at radius 2 is 1.75 bits per heavy atom. The number of hydrogen-bond acceptors (Lipinski definition) is 3. The second kappa shape index (κ2) is 5.38. The number of pyridine rings is 1. The van der Waals surface area contributed by atoms with E-state index in [1.54, 1.807) is 0 Å². The van der Waals surface area contributed by atoms with Gasteiger partial charge in [0.15, 0.2) is 17.5 Å². The van der Waals surface area contributed by atoms with E-state index in [2.05, 4.69) is 10.3 Å². The fourth-order valence-electron chi connectivity index (χ4n) is 1.48. The third kappa shape index (κ3) is 3.00. The van der Waals surface area contributed by atoms with Crippen molar-refractivity contribution in [1.82, 2.24) is 4.98 Å². The Morgan fingerprint density at radius 3 is 2.30 bits per heavy atom. The molecule has 0 spiro atoms. The van der Waals surface area contributed by atoms with E-state index in [1.165, 1.54) is 12.1 Å². The van der Waals surface area contributed by atoms with Gasteiger partial charge in [0.2, 0.25) is 0 Å². The number of nitrogens with zero attached hydrogens (tertiary/aromatic N) is 1. The van der Waals surface area contributed by atoms with Crippen LogP contribution in [0.1, 0.15) is 10.4 Å². The third-order valence-corrected chi connectivity index (χ3v) is 2.51. The normalized spacial score (nSPS) is 10.4. The molecule has 0 unspecified atom stereocenters. The SMILES string of the molecule is Nc1cc(C(=O)Nc2cc(F)c(F)c(F)c2)cc(Cl)n1. The molecule has 4 nitrogen and oxygen atoms in total. The molecule has 0 radical (unpaired) electrons. The molecule has 0 bridgehead atoms. The van der Waals surface area contributed by atoms with Crippen LogP contribution in [0, 0.1) is 17.5 Å². The minimum absolute atomic E-state index is 0.00776. The minimum atomic E-state index is -1.61. The van der Waals surface area contributed by atoms with Crippen molar-refractivity contribution in [1.29, 1.82) is 0 Å². The number of hydrogen-bond donors (Lipinski definition) is 2. The molecule has 1 aromatic carbocycles. The Morgan fingerprint density at radius 1 is 1.15 bits per heavy atom. The fourth-order valence-corrected chi connectivity index (χ4v) is 1.69. The van der Waals surface area contributed by atoms with Gasteiger partial charge >= 0.3 is 0 Å². The molecule has 0 saturated heterocycles. The molecule has 0 atom stereocenters. The number of carbonyl (C=O) groups excluding carboxylic acids is 1. The molecular weight excluding hydrogens is 295 g/mol. The number of nitrogens with two attached hydrogens (primary N) is 1. The maximum atomic E-state index is 13.0. The minimum Gasteiger partial charge on any atom is -0.384 e. The average Bonchev–Trinajstić information content (AvgIpc) is 2.34. The zero-order valence-corrected chi connectivity index (χ0v) is 10.5. The van der Waals surface area contributed by atoms with Crippen molar-refractivity contribution in [2.24, 2.45) is 0 Å². The maximum absolute atomic E-state index is 13.0. The van der Waals surface area contributed by atoms with Crippen LogP contribution < -0.4 is 11.1 Å². The lowest BCUT2D eigenvalue weighted by molar-refractivity contribution is 0.102. The van der Waals surface area contributed by atoms with Crippen LogP contribution in [0.3, 0.4) is 0 Å². The van der Waals surface area contributed by atoms with Crippen LogP contribution in [0.5, 0.6) is 0 Å². The van der Waals surface area contributed by atoms with E-state index in [9.17, 15) is 18.0 Å². The predicted molar refractivity (Wildman–Crippen MR) is 67.9 cm³/mol. The van der Waals surface area contributed by atoms with Gasteiger partial charge in [0.1, 0.15) is 11.0 Å². The van der Waals surface area contributed by atoms with Crippen molar-refractivity contribution >= 4 is 29.0 Å². The standard InChI is InChI=1S/C12H7ClF3N3O/c13-9-1-5(2-10(17)19-9)12(20)18-6-3-7(14)11(16)8(15)4-6/h1-4H,(H2,17,19)(H,18,20). The molecule has 0 aliphatic heterocycles. The van der Waals surface area contributed by atoms with E-state index in [-0.39, 0.29) is 22.2 Å². The number of carbonyl (C=O) groups is 1. The Bertz CT molecular complexity index is 650. The Labute approximate surface area is 116 Å². The predicted octanol–water partition coefficient (Wildman–Crippen LogP) is 2.99. The van der Waals surface area contributed by atoms with Crippen LogP contribution in [-0.2, 0) is 0 Å². The van der Waals surface area contributed by atoms with Gasteiger partial charge in [-0.05, 0) is 12.1 Å². The van der Waals surface area contributed by atoms with Gasteiger partial charge in [-0.15, -0.1) is 0 Å². The van der Waals surface area contributed by atoms with Gasteiger partial charge in [0.25, 0.3) is 5.91 Å². The largest absolute Gasteiger partial charge is 0.384 e. The summed E-state index contributed by atoms with van der Waals surface area (Å²) < 4.78 is 38.8. The summed E-state index contributed by atoms with van der Waals surface area (Å²) in [6.07, 6.45) is 0. The first-order valence-electron chi connectivity index (χ1n) is 5.26. The molecular formula is C12H7ClF3N3O. The second-order valence-corrected chi connectivity index (χ2v) is 4.20. The lowest BCUT2D eigenvalue weighted by Gasteiger charge is -2.07. The lowest BCUT2D eigenvalue weighted by Crippen LogP contribution is -2.13. The van der Waals surface area contributed by atoms with Gasteiger partial charge in [-0.1, -0.05) is 11.6 Å². The highest BCUT2D eigenvalue weighted by Gasteiger charge is 2.14. The quantitative estimate of drug-likeness (QED) is 0.662. The number of nitrogen functional groups attached to an aromatic ring is 1. The molecule has 1 aromatic heterocycles. The van der Waals surface area contributed by atoms with Gasteiger partial charge in [-0.3, -0.25) is 4.79 Å². The van der Waals surface area contributed by atoms with E-state index >= 15 is 0 Å². The summed E-state index contributed by atoms with van der Waals surface area (Å²) in [7, 11) is 0. The number of halogens is 4. The zero-order chi connectivity index (χ0) is 14.9. The van der Waals surface area contributed by atoms with Gasteiger partial charge in [0.05, 0.1) is 0 Å². The highest BCUT2D eigenvalue weighted by Crippen LogP contribution is 2.19. The highest BCUT2D eigenvalue weighted by molar-refractivity contribution is 6.30. The van der Waals surface area contributed by atoms with Crippen molar-refractivity contribution in [3.05, 3.63) is 52.4 Å². The second-order valence-electron chi connectivity index (χ2n) is 3.81. The van der Waals surface area contributed by atoms with E-state index < -0.39 is 23.4 Å². The number of nitrogens with one attached hydrogen (secondary N) is 1. The number of anilines is 2. The summed E-state index contributed by atoms with van der Waals surface area (Å²) in [5, 5.41) is 2.19. The summed E-state index contributed by atoms with van der Waals surface area (Å²) >= 11 is 5.63. The van der Waals surface area contributed by atoms with Crippen molar-refractivity contribution in [2.45, 2.75) is 0 Å². The molecule has 1 amide bonds. The first-order chi connectivity index (χ1) is 9.36. The van der Waals surface area contributed by atoms with Crippen LogP contribution in [0.25, 0.3) is 0 Å². The lowest BCUT2D eigenvalue weighted by atomic mass is 10.2. The monoisotopic (exact) mass is 301 g/mol. The molecule has 0 fully saturated rings. The molecule has 1 heterocycles. The van der Waals surface area contributed by atoms with Crippen molar-refractivity contribution in [2.75, 3.05) is 11.1 Å². The summed E-state index contributed by atoms with van der Waals surface area (Å²) in [5.74, 6) is -5.13. The third-order valence-electron chi connectivity index (χ3n) is 2.32. The summed E-state index contributed by atoms with van der Waals surface area (Å²) in [6.45, 7) is 0. The van der Waals surface area contributed by atoms with Crippen LogP contribution in [0.2, 0.25) is 5.15 Å². The molecule has 0 aliphatic carbocycles. The number of benzene rings is 1. The van der Waals surface area contributed by atoms with Crippen molar-refractivity contribution in [3.8, 4) is 0 Å². The van der Waals surface area contributed by atoms with E-state index in [4.69, 9.17) is 17.3 Å². The summed E-state index contributed by atoms with van der Waals surface area (Å²) in [4.78, 5) is 15.5. The van der Waals surface area contributed by atoms with Crippen LogP contribution in [0.15, 0.2) is 24.3 Å². The molecule has 2 aromatic rings. The number of aromatic nitrogens is 1. The van der Waals surface area contributed by atoms with E-state index in [0.29, 0.717) is 12.1 Å². The fraction of sp³-hybridized carbons (Fsp3) is 0. The molecule has 3 N–H and O–H groups in total. The Balaban J connectivity index is 2.28. The van der Waals surface area contributed by atoms with Gasteiger partial charge < -0.3 is 11.1 Å². The summed E-state index contributed by atoms with van der Waals surface area (Å²) in [6, 6.07) is 3.77. The van der Waals surface area contributed by atoms with Gasteiger partial charge in [0, 0.05) is 23.4 Å². The molecule has 8 heteroatoms. The molecule has 104 valence electrons. The number of rotatable bonds is 2.